The van der Waals surface area contributed by atoms with E-state index in [9.17, 15) is 0 Å². The van der Waals surface area contributed by atoms with E-state index in [1.54, 1.807) is 11.8 Å². The molecule has 3 heteroatoms. The molecule has 1 heterocycles. The van der Waals surface area contributed by atoms with Crippen molar-refractivity contribution in [2.75, 3.05) is 19.5 Å². The smallest absolute Gasteiger partial charge is 0.116 e. The summed E-state index contributed by atoms with van der Waals surface area (Å²) in [6, 6.07) is 8.37. The van der Waals surface area contributed by atoms with Gasteiger partial charge in [-0.15, -0.1) is 23.4 Å². The second-order valence-electron chi connectivity index (χ2n) is 3.19. The molecule has 0 N–H and O–H groups in total. The minimum absolute atomic E-state index is 0.253. The van der Waals surface area contributed by atoms with Crippen LogP contribution in [0.4, 0.5) is 0 Å². The normalized spacial score (nSPS) is 19.5. The van der Waals surface area contributed by atoms with Crippen molar-refractivity contribution < 1.29 is 4.74 Å². The summed E-state index contributed by atoms with van der Waals surface area (Å²) < 4.78 is 5.11. The number of hydrogen-bond donors (Lipinski definition) is 0. The third kappa shape index (κ3) is 1.71. The van der Waals surface area contributed by atoms with Crippen LogP contribution in [-0.2, 0) is 9.61 Å². The van der Waals surface area contributed by atoms with Crippen LogP contribution in [0.2, 0.25) is 0 Å². The van der Waals surface area contributed by atoms with Crippen LogP contribution in [0.3, 0.4) is 0 Å². The average molecular weight is 215 g/mol. The maximum absolute atomic E-state index is 6.30. The molecule has 0 amide bonds. The first-order valence-electron chi connectivity index (χ1n) is 4.16. The largest absolute Gasteiger partial charge is 0.377 e. The third-order valence-corrected chi connectivity index (χ3v) is 3.45. The fourth-order valence-electron chi connectivity index (χ4n) is 1.34. The minimum atomic E-state index is -0.253. The Morgan fingerprint density at radius 3 is 2.31 bits per heavy atom. The molecule has 2 rings (SSSR count). The molecule has 1 nitrogen and oxygen atoms in total. The standard InChI is InChI=1S/C10H11ClOS/c1-13-9-4-2-8(3-5-9)10(11)6-12-7-10/h2-5H,6-7H2,1H3. The predicted octanol–water partition coefficient (Wildman–Crippen LogP) is 2.87. The summed E-state index contributed by atoms with van der Waals surface area (Å²) in [6.07, 6.45) is 2.07. The van der Waals surface area contributed by atoms with Gasteiger partial charge in [0.1, 0.15) is 4.87 Å². The quantitative estimate of drug-likeness (QED) is 0.553. The average Bonchev–Trinajstić information content (AvgIpc) is 2.14. The van der Waals surface area contributed by atoms with Crippen molar-refractivity contribution in [1.82, 2.24) is 0 Å². The molecule has 13 heavy (non-hydrogen) atoms. The van der Waals surface area contributed by atoms with E-state index in [0.29, 0.717) is 13.2 Å². The number of alkyl halides is 1. The van der Waals surface area contributed by atoms with Crippen LogP contribution in [0.5, 0.6) is 0 Å². The van der Waals surface area contributed by atoms with E-state index in [1.165, 1.54) is 10.5 Å². The highest BCUT2D eigenvalue weighted by molar-refractivity contribution is 7.98. The molecule has 1 fully saturated rings. The van der Waals surface area contributed by atoms with Crippen molar-refractivity contribution in [3.05, 3.63) is 29.8 Å². The molecule has 1 aliphatic rings. The van der Waals surface area contributed by atoms with E-state index < -0.39 is 0 Å². The molecule has 1 aliphatic heterocycles. The fraction of sp³-hybridized carbons (Fsp3) is 0.400. The van der Waals surface area contributed by atoms with E-state index in [0.717, 1.165) is 0 Å². The van der Waals surface area contributed by atoms with Gasteiger partial charge in [0.25, 0.3) is 0 Å². The van der Waals surface area contributed by atoms with Crippen molar-refractivity contribution in [2.45, 2.75) is 9.77 Å². The summed E-state index contributed by atoms with van der Waals surface area (Å²) in [4.78, 5) is 1.01. The van der Waals surface area contributed by atoms with Crippen molar-refractivity contribution >= 4 is 23.4 Å². The van der Waals surface area contributed by atoms with Crippen molar-refractivity contribution in [3.63, 3.8) is 0 Å². The molecule has 0 bridgehead atoms. The van der Waals surface area contributed by atoms with Gasteiger partial charge in [-0.05, 0) is 24.0 Å². The fourth-order valence-corrected chi connectivity index (χ4v) is 2.03. The van der Waals surface area contributed by atoms with Gasteiger partial charge >= 0.3 is 0 Å². The van der Waals surface area contributed by atoms with E-state index in [4.69, 9.17) is 16.3 Å². The zero-order valence-electron chi connectivity index (χ0n) is 7.42. The summed E-state index contributed by atoms with van der Waals surface area (Å²) >= 11 is 8.04. The lowest BCUT2D eigenvalue weighted by molar-refractivity contribution is -0.0152. The number of hydrogen-bond acceptors (Lipinski definition) is 2. The summed E-state index contributed by atoms with van der Waals surface area (Å²) in [5, 5.41) is 0. The molecular formula is C10H11ClOS. The second kappa shape index (κ2) is 3.52. The summed E-state index contributed by atoms with van der Waals surface area (Å²) in [5.74, 6) is 0. The third-order valence-electron chi connectivity index (χ3n) is 2.27. The van der Waals surface area contributed by atoms with Gasteiger partial charge in [-0.25, -0.2) is 0 Å². The van der Waals surface area contributed by atoms with E-state index >= 15 is 0 Å². The minimum Gasteiger partial charge on any atom is -0.377 e. The lowest BCUT2D eigenvalue weighted by atomic mass is 9.97. The van der Waals surface area contributed by atoms with Gasteiger partial charge in [-0.1, -0.05) is 12.1 Å². The molecule has 1 aromatic rings. The number of rotatable bonds is 2. The molecule has 0 spiro atoms. The molecule has 0 saturated carbocycles. The second-order valence-corrected chi connectivity index (χ2v) is 4.79. The maximum Gasteiger partial charge on any atom is 0.116 e. The predicted molar refractivity (Wildman–Crippen MR) is 56.6 cm³/mol. The highest BCUT2D eigenvalue weighted by atomic mass is 35.5. The Morgan fingerprint density at radius 2 is 1.92 bits per heavy atom. The summed E-state index contributed by atoms with van der Waals surface area (Å²) in [5.41, 5.74) is 1.17. The van der Waals surface area contributed by atoms with Crippen LogP contribution in [0.25, 0.3) is 0 Å². The Bertz CT molecular complexity index is 292. The number of benzene rings is 1. The van der Waals surface area contributed by atoms with E-state index in [1.807, 2.05) is 0 Å². The Balaban J connectivity index is 2.22. The van der Waals surface area contributed by atoms with Crippen LogP contribution in [0.1, 0.15) is 5.56 Å². The molecule has 1 aromatic carbocycles. The Hall–Kier alpha value is -0.180. The number of thioether (sulfide) groups is 1. The van der Waals surface area contributed by atoms with Gasteiger partial charge in [0.2, 0.25) is 0 Å². The van der Waals surface area contributed by atoms with E-state index in [-0.39, 0.29) is 4.87 Å². The summed E-state index contributed by atoms with van der Waals surface area (Å²) in [6.45, 7) is 1.26. The van der Waals surface area contributed by atoms with Gasteiger partial charge < -0.3 is 4.74 Å². The van der Waals surface area contributed by atoms with Crippen LogP contribution in [-0.4, -0.2) is 19.5 Å². The van der Waals surface area contributed by atoms with Crippen molar-refractivity contribution in [2.24, 2.45) is 0 Å². The lowest BCUT2D eigenvalue weighted by Gasteiger charge is -2.35. The molecule has 0 unspecified atom stereocenters. The van der Waals surface area contributed by atoms with Crippen LogP contribution >= 0.6 is 23.4 Å². The molecule has 0 radical (unpaired) electrons. The Morgan fingerprint density at radius 1 is 1.31 bits per heavy atom. The monoisotopic (exact) mass is 214 g/mol. The van der Waals surface area contributed by atoms with Gasteiger partial charge in [0.05, 0.1) is 13.2 Å². The van der Waals surface area contributed by atoms with Crippen LogP contribution in [0, 0.1) is 0 Å². The van der Waals surface area contributed by atoms with Crippen molar-refractivity contribution in [1.29, 1.82) is 0 Å². The summed E-state index contributed by atoms with van der Waals surface area (Å²) in [7, 11) is 0. The zero-order chi connectivity index (χ0) is 9.31. The molecular weight excluding hydrogens is 204 g/mol. The molecule has 70 valence electrons. The highest BCUT2D eigenvalue weighted by Crippen LogP contribution is 2.36. The van der Waals surface area contributed by atoms with Gasteiger partial charge in [0, 0.05) is 4.90 Å². The number of ether oxygens (including phenoxy) is 1. The molecule has 0 atom stereocenters. The first kappa shape index (κ1) is 9.38. The van der Waals surface area contributed by atoms with Gasteiger partial charge in [-0.3, -0.25) is 0 Å². The van der Waals surface area contributed by atoms with Gasteiger partial charge in [0.15, 0.2) is 0 Å². The van der Waals surface area contributed by atoms with E-state index in [2.05, 4.69) is 30.5 Å². The Labute approximate surface area is 87.4 Å². The SMILES string of the molecule is CSc1ccc(C2(Cl)COC2)cc1. The molecule has 1 saturated heterocycles. The van der Waals surface area contributed by atoms with Crippen LogP contribution < -0.4 is 0 Å². The molecule has 0 aliphatic carbocycles. The lowest BCUT2D eigenvalue weighted by Crippen LogP contribution is -2.41. The van der Waals surface area contributed by atoms with Crippen molar-refractivity contribution in [3.8, 4) is 0 Å². The zero-order valence-corrected chi connectivity index (χ0v) is 8.99. The number of halogens is 1. The first-order chi connectivity index (χ1) is 6.24. The highest BCUT2D eigenvalue weighted by Gasteiger charge is 2.37. The maximum atomic E-state index is 6.30. The first-order valence-corrected chi connectivity index (χ1v) is 5.76. The Kier molecular flexibility index (Phi) is 2.54. The van der Waals surface area contributed by atoms with Gasteiger partial charge in [-0.2, -0.15) is 0 Å². The topological polar surface area (TPSA) is 9.23 Å². The van der Waals surface area contributed by atoms with Crippen LogP contribution in [0.15, 0.2) is 29.2 Å². The molecule has 0 aromatic heterocycles.